The highest BCUT2D eigenvalue weighted by molar-refractivity contribution is 7.90. The standard InChI is InChI=1S/C11H7F4N3O3S/c12-8-5-18(10(19)17-9(8)16)22(20,21)7-3-1-6(2-4-7)11(13,14)15/h1-5H,(H2,16,17,19). The van der Waals surface area contributed by atoms with E-state index in [2.05, 4.69) is 4.98 Å². The number of hydrogen-bond acceptors (Lipinski definition) is 5. The van der Waals surface area contributed by atoms with Crippen molar-refractivity contribution in [3.63, 3.8) is 0 Å². The zero-order chi connectivity index (χ0) is 16.7. The predicted molar refractivity (Wildman–Crippen MR) is 66.9 cm³/mol. The molecule has 118 valence electrons. The quantitative estimate of drug-likeness (QED) is 0.832. The summed E-state index contributed by atoms with van der Waals surface area (Å²) in [5.41, 5.74) is 2.57. The largest absolute Gasteiger partial charge is 0.416 e. The molecule has 0 radical (unpaired) electrons. The molecule has 2 rings (SSSR count). The van der Waals surface area contributed by atoms with Gasteiger partial charge in [-0.05, 0) is 24.3 Å². The maximum atomic E-state index is 13.3. The van der Waals surface area contributed by atoms with E-state index in [0.29, 0.717) is 30.5 Å². The maximum Gasteiger partial charge on any atom is 0.416 e. The summed E-state index contributed by atoms with van der Waals surface area (Å²) in [6.45, 7) is 0. The summed E-state index contributed by atoms with van der Waals surface area (Å²) in [6.07, 6.45) is -4.34. The van der Waals surface area contributed by atoms with E-state index in [1.807, 2.05) is 0 Å². The van der Waals surface area contributed by atoms with Crippen LogP contribution in [0.3, 0.4) is 0 Å². The Bertz CT molecular complexity index is 873. The van der Waals surface area contributed by atoms with Gasteiger partial charge in [0.15, 0.2) is 11.6 Å². The van der Waals surface area contributed by atoms with Crippen LogP contribution in [0.5, 0.6) is 0 Å². The number of benzene rings is 1. The number of anilines is 1. The number of nitrogens with zero attached hydrogens (tertiary/aromatic N) is 2. The fourth-order valence-electron chi connectivity index (χ4n) is 1.53. The highest BCUT2D eigenvalue weighted by Gasteiger charge is 2.31. The molecule has 0 aliphatic rings. The van der Waals surface area contributed by atoms with E-state index in [4.69, 9.17) is 5.73 Å². The van der Waals surface area contributed by atoms with Gasteiger partial charge in [-0.15, -0.1) is 0 Å². The van der Waals surface area contributed by atoms with Gasteiger partial charge < -0.3 is 5.73 Å². The molecular formula is C11H7F4N3O3S. The lowest BCUT2D eigenvalue weighted by atomic mass is 10.2. The van der Waals surface area contributed by atoms with Crippen LogP contribution >= 0.6 is 0 Å². The van der Waals surface area contributed by atoms with Crippen molar-refractivity contribution >= 4 is 15.8 Å². The van der Waals surface area contributed by atoms with Crippen LogP contribution in [0.2, 0.25) is 0 Å². The van der Waals surface area contributed by atoms with Crippen molar-refractivity contribution in [3.8, 4) is 0 Å². The third-order valence-corrected chi connectivity index (χ3v) is 4.27. The molecule has 0 amide bonds. The molecule has 0 saturated heterocycles. The number of halogens is 4. The van der Waals surface area contributed by atoms with Gasteiger partial charge in [-0.1, -0.05) is 0 Å². The molecule has 1 aromatic carbocycles. The fourth-order valence-corrected chi connectivity index (χ4v) is 2.72. The number of aromatic nitrogens is 2. The Balaban J connectivity index is 2.57. The molecule has 22 heavy (non-hydrogen) atoms. The van der Waals surface area contributed by atoms with Crippen LogP contribution in [-0.2, 0) is 16.2 Å². The summed E-state index contributed by atoms with van der Waals surface area (Å²) >= 11 is 0. The number of hydrogen-bond donors (Lipinski definition) is 1. The van der Waals surface area contributed by atoms with Crippen molar-refractivity contribution in [2.24, 2.45) is 0 Å². The van der Waals surface area contributed by atoms with Crippen LogP contribution in [0.4, 0.5) is 23.4 Å². The fraction of sp³-hybridized carbons (Fsp3) is 0.0909. The molecule has 11 heteroatoms. The molecule has 1 heterocycles. The van der Waals surface area contributed by atoms with E-state index in [1.165, 1.54) is 0 Å². The van der Waals surface area contributed by atoms with E-state index < -0.39 is 44.0 Å². The highest BCUT2D eigenvalue weighted by atomic mass is 32.2. The lowest BCUT2D eigenvalue weighted by Gasteiger charge is -2.10. The van der Waals surface area contributed by atoms with Crippen LogP contribution in [0.15, 0.2) is 40.2 Å². The van der Waals surface area contributed by atoms with Gasteiger partial charge in [0.2, 0.25) is 0 Å². The van der Waals surface area contributed by atoms with E-state index in [1.54, 1.807) is 0 Å². The minimum absolute atomic E-state index is 0.0404. The second-order valence-corrected chi connectivity index (χ2v) is 5.89. The molecule has 0 saturated carbocycles. The first-order chi connectivity index (χ1) is 10.0. The van der Waals surface area contributed by atoms with Crippen molar-refractivity contribution in [2.75, 3.05) is 5.73 Å². The van der Waals surface area contributed by atoms with Crippen LogP contribution in [0.1, 0.15) is 5.56 Å². The minimum Gasteiger partial charge on any atom is -0.381 e. The first-order valence-electron chi connectivity index (χ1n) is 5.51. The zero-order valence-electron chi connectivity index (χ0n) is 10.5. The SMILES string of the molecule is Nc1nc(=O)n(S(=O)(=O)c2ccc(C(F)(F)F)cc2)cc1F. The highest BCUT2D eigenvalue weighted by Crippen LogP contribution is 2.29. The minimum atomic E-state index is -4.64. The van der Waals surface area contributed by atoms with Crippen molar-refractivity contribution < 1.29 is 26.0 Å². The molecule has 1 aromatic heterocycles. The molecule has 6 nitrogen and oxygen atoms in total. The molecule has 0 aliphatic carbocycles. The Morgan fingerprint density at radius 3 is 2.18 bits per heavy atom. The molecule has 0 atom stereocenters. The molecule has 0 spiro atoms. The zero-order valence-corrected chi connectivity index (χ0v) is 11.3. The van der Waals surface area contributed by atoms with Crippen molar-refractivity contribution in [2.45, 2.75) is 11.1 Å². The number of alkyl halides is 3. The molecule has 0 unspecified atom stereocenters. The lowest BCUT2D eigenvalue weighted by Crippen LogP contribution is -2.30. The van der Waals surface area contributed by atoms with Gasteiger partial charge in [0.1, 0.15) is 0 Å². The van der Waals surface area contributed by atoms with Gasteiger partial charge in [0.25, 0.3) is 10.0 Å². The summed E-state index contributed by atoms with van der Waals surface area (Å²) in [7, 11) is -4.59. The van der Waals surface area contributed by atoms with Crippen molar-refractivity contribution in [3.05, 3.63) is 52.3 Å². The van der Waals surface area contributed by atoms with E-state index in [9.17, 15) is 30.8 Å². The van der Waals surface area contributed by atoms with Gasteiger partial charge in [0.05, 0.1) is 16.7 Å². The van der Waals surface area contributed by atoms with Crippen LogP contribution in [0.25, 0.3) is 0 Å². The first kappa shape index (κ1) is 15.9. The van der Waals surface area contributed by atoms with Crippen molar-refractivity contribution in [1.29, 1.82) is 0 Å². The van der Waals surface area contributed by atoms with E-state index in [-0.39, 0.29) is 3.97 Å². The predicted octanol–water partition coefficient (Wildman–Crippen LogP) is 1.22. The van der Waals surface area contributed by atoms with Gasteiger partial charge in [-0.25, -0.2) is 17.6 Å². The normalized spacial score (nSPS) is 12.4. The monoisotopic (exact) mass is 337 g/mol. The Kier molecular flexibility index (Phi) is 3.69. The lowest BCUT2D eigenvalue weighted by molar-refractivity contribution is -0.137. The second kappa shape index (κ2) is 5.09. The number of nitrogen functional groups attached to an aromatic ring is 1. The van der Waals surface area contributed by atoms with Gasteiger partial charge in [-0.2, -0.15) is 22.1 Å². The summed E-state index contributed by atoms with van der Waals surface area (Å²) in [6, 6.07) is 2.36. The maximum absolute atomic E-state index is 13.3. The molecule has 0 bridgehead atoms. The second-order valence-electron chi connectivity index (χ2n) is 4.08. The molecular weight excluding hydrogens is 330 g/mol. The number of rotatable bonds is 2. The number of nitrogens with two attached hydrogens (primary N) is 1. The molecule has 0 aliphatic heterocycles. The molecule has 2 aromatic rings. The van der Waals surface area contributed by atoms with Gasteiger partial charge >= 0.3 is 11.9 Å². The van der Waals surface area contributed by atoms with Gasteiger partial charge in [0, 0.05) is 0 Å². The average molecular weight is 337 g/mol. The van der Waals surface area contributed by atoms with E-state index in [0.717, 1.165) is 0 Å². The Morgan fingerprint density at radius 1 is 1.14 bits per heavy atom. The van der Waals surface area contributed by atoms with Gasteiger partial charge in [-0.3, -0.25) is 0 Å². The smallest absolute Gasteiger partial charge is 0.381 e. The van der Waals surface area contributed by atoms with Crippen LogP contribution in [0, 0.1) is 5.82 Å². The molecule has 2 N–H and O–H groups in total. The third kappa shape index (κ3) is 2.79. The van der Waals surface area contributed by atoms with Crippen LogP contribution < -0.4 is 11.4 Å². The summed E-state index contributed by atoms with van der Waals surface area (Å²) in [4.78, 5) is 13.8. The Labute approximate surface area is 120 Å². The summed E-state index contributed by atoms with van der Waals surface area (Å²) in [5, 5.41) is 0. The average Bonchev–Trinajstić information content (AvgIpc) is 2.42. The topological polar surface area (TPSA) is 95.0 Å². The molecule has 0 fully saturated rings. The van der Waals surface area contributed by atoms with Crippen LogP contribution in [-0.4, -0.2) is 17.4 Å². The summed E-state index contributed by atoms with van der Waals surface area (Å²) in [5.74, 6) is -2.04. The Morgan fingerprint density at radius 2 is 1.68 bits per heavy atom. The Hall–Kier alpha value is -2.43. The summed E-state index contributed by atoms with van der Waals surface area (Å²) < 4.78 is 74.7. The van der Waals surface area contributed by atoms with E-state index >= 15 is 0 Å². The first-order valence-corrected chi connectivity index (χ1v) is 6.95. The third-order valence-electron chi connectivity index (χ3n) is 2.62. The van der Waals surface area contributed by atoms with Crippen molar-refractivity contribution in [1.82, 2.24) is 8.96 Å².